The van der Waals surface area contributed by atoms with Crippen LogP contribution in [-0.2, 0) is 39.9 Å². The lowest BCUT2D eigenvalue weighted by Gasteiger charge is -2.36. The third-order valence-electron chi connectivity index (χ3n) is 11.9. The summed E-state index contributed by atoms with van der Waals surface area (Å²) in [5.74, 6) is -1.98. The van der Waals surface area contributed by atoms with Crippen LogP contribution in [0.2, 0.25) is 0 Å². The van der Waals surface area contributed by atoms with Crippen LogP contribution >= 0.6 is 0 Å². The minimum absolute atomic E-state index is 0.0468. The smallest absolute Gasteiger partial charge is 0.251 e. The van der Waals surface area contributed by atoms with Crippen LogP contribution in [0.25, 0.3) is 0 Å². The second kappa shape index (κ2) is 21.3. The number of carbonyl (C=O) groups is 5. The Morgan fingerprint density at radius 1 is 0.967 bits per heavy atom. The Kier molecular flexibility index (Phi) is 15.9. The Balaban J connectivity index is 1.19. The number of carbonyl (C=O) groups excluding carboxylic acids is 5. The van der Waals surface area contributed by atoms with Crippen molar-refractivity contribution >= 4 is 29.5 Å². The molecule has 2 aromatic rings. The predicted molar refractivity (Wildman–Crippen MR) is 220 cm³/mol. The molecule has 4 heterocycles. The van der Waals surface area contributed by atoms with E-state index in [0.29, 0.717) is 43.6 Å². The van der Waals surface area contributed by atoms with Gasteiger partial charge in [-0.3, -0.25) is 29.3 Å². The molecule has 60 heavy (non-hydrogen) atoms. The first-order chi connectivity index (χ1) is 28.9. The minimum Gasteiger partial charge on any atom is -0.494 e. The number of unbranched alkanes of at least 4 members (excludes halogenated alkanes) is 1. The van der Waals surface area contributed by atoms with Gasteiger partial charge in [0, 0.05) is 20.5 Å². The molecule has 7 rings (SSSR count). The molecule has 16 heteroatoms. The van der Waals surface area contributed by atoms with Crippen molar-refractivity contribution in [3.8, 4) is 5.75 Å². The number of aliphatic hydroxyl groups is 2. The number of ether oxygens (including phenoxy) is 3. The molecular weight excluding hydrogens is 773 g/mol. The molecule has 5 aliphatic rings. The number of nitrogens with one attached hydrogen (secondary N) is 4. The summed E-state index contributed by atoms with van der Waals surface area (Å²) >= 11 is 0. The zero-order valence-electron chi connectivity index (χ0n) is 34.9. The lowest BCUT2D eigenvalue weighted by atomic mass is 9.83. The zero-order valence-corrected chi connectivity index (χ0v) is 34.9. The molecule has 0 aromatic heterocycles. The molecule has 0 spiro atoms. The summed E-state index contributed by atoms with van der Waals surface area (Å²) in [5, 5.41) is 33.7. The number of nitrogens with zero attached hydrogens (tertiary/aromatic N) is 2. The van der Waals surface area contributed by atoms with E-state index in [-0.39, 0.29) is 43.7 Å². The van der Waals surface area contributed by atoms with E-state index in [1.807, 2.05) is 37.3 Å². The Bertz CT molecular complexity index is 1780. The van der Waals surface area contributed by atoms with E-state index in [2.05, 4.69) is 21.3 Å². The molecule has 6 N–H and O–H groups in total. The Morgan fingerprint density at radius 3 is 2.47 bits per heavy atom. The second-order valence-corrected chi connectivity index (χ2v) is 16.6. The van der Waals surface area contributed by atoms with E-state index in [1.54, 1.807) is 38.4 Å². The van der Waals surface area contributed by atoms with Gasteiger partial charge in [0.15, 0.2) is 12.4 Å². The lowest BCUT2D eigenvalue weighted by Crippen LogP contribution is -2.60. The van der Waals surface area contributed by atoms with Crippen LogP contribution in [0.15, 0.2) is 54.6 Å². The van der Waals surface area contributed by atoms with Gasteiger partial charge < -0.3 is 50.2 Å². The van der Waals surface area contributed by atoms with E-state index in [1.165, 1.54) is 9.80 Å². The molecule has 16 nitrogen and oxygen atoms in total. The topological polar surface area (TPSA) is 208 Å². The molecule has 6 bridgehead atoms. The number of amides is 5. The fourth-order valence-corrected chi connectivity index (χ4v) is 8.70. The second-order valence-electron chi connectivity index (χ2n) is 16.6. The van der Waals surface area contributed by atoms with Crippen LogP contribution in [0, 0.1) is 5.92 Å². The highest BCUT2D eigenvalue weighted by Gasteiger charge is 2.56. The van der Waals surface area contributed by atoms with Gasteiger partial charge in [-0.1, -0.05) is 81.5 Å². The van der Waals surface area contributed by atoms with Gasteiger partial charge in [-0.25, -0.2) is 0 Å². The van der Waals surface area contributed by atoms with E-state index in [4.69, 9.17) is 14.2 Å². The maximum Gasteiger partial charge on any atom is 0.251 e. The molecule has 9 atom stereocenters. The van der Waals surface area contributed by atoms with Crippen LogP contribution in [0.3, 0.4) is 0 Å². The number of hydrogen-bond acceptors (Lipinski definition) is 11. The molecule has 328 valence electrons. The summed E-state index contributed by atoms with van der Waals surface area (Å²) in [7, 11) is 3.20. The highest BCUT2D eigenvalue weighted by molar-refractivity contribution is 5.94. The summed E-state index contributed by atoms with van der Waals surface area (Å²) in [6.07, 6.45) is 1.78. The predicted octanol–water partition coefficient (Wildman–Crippen LogP) is 1.68. The quantitative estimate of drug-likeness (QED) is 0.151. The van der Waals surface area contributed by atoms with Gasteiger partial charge in [0.05, 0.1) is 32.2 Å². The summed E-state index contributed by atoms with van der Waals surface area (Å²) in [6.45, 7) is 2.03. The van der Waals surface area contributed by atoms with Gasteiger partial charge in [-0.05, 0) is 54.9 Å². The Hall–Kier alpha value is -4.61. The van der Waals surface area contributed by atoms with Gasteiger partial charge in [-0.15, -0.1) is 0 Å². The van der Waals surface area contributed by atoms with Gasteiger partial charge in [0.2, 0.25) is 23.6 Å². The van der Waals surface area contributed by atoms with Crippen molar-refractivity contribution in [3.05, 3.63) is 65.7 Å². The van der Waals surface area contributed by atoms with Crippen molar-refractivity contribution in [2.45, 2.75) is 133 Å². The lowest BCUT2D eigenvalue weighted by molar-refractivity contribution is -0.151. The van der Waals surface area contributed by atoms with Crippen molar-refractivity contribution < 1.29 is 48.4 Å². The van der Waals surface area contributed by atoms with Crippen molar-refractivity contribution in [1.29, 1.82) is 0 Å². The highest BCUT2D eigenvalue weighted by atomic mass is 16.7. The highest BCUT2D eigenvalue weighted by Crippen LogP contribution is 2.36. The monoisotopic (exact) mass is 834 g/mol. The largest absolute Gasteiger partial charge is 0.494 e. The average molecular weight is 835 g/mol. The van der Waals surface area contributed by atoms with Crippen LogP contribution in [0.5, 0.6) is 5.75 Å². The maximum atomic E-state index is 14.8. The maximum absolute atomic E-state index is 14.8. The SMILES string of the molecule is CCCCC(NC(=O)[C@@H]1[C@H]2OC3CCCOc4cccc(c4)CC(=O)N[C@@H](C4CCCCC4)C(=O)N1C[C@@H]2O3)C(O)C(=O)NCC(O)N[C@H](C(=O)N(C)C)c1ccccc1. The van der Waals surface area contributed by atoms with Crippen LogP contribution in [0.4, 0.5) is 0 Å². The summed E-state index contributed by atoms with van der Waals surface area (Å²) in [6, 6.07) is 12.2. The number of benzene rings is 2. The number of rotatable bonds is 14. The Morgan fingerprint density at radius 2 is 1.73 bits per heavy atom. The number of likely N-dealkylation sites (N-methyl/N-ethyl adjacent to an activating group) is 1. The fraction of sp³-hybridized carbons (Fsp3) is 0.614. The molecular formula is C44H62N6O10. The minimum atomic E-state index is -1.72. The van der Waals surface area contributed by atoms with Gasteiger partial charge in [0.1, 0.15) is 42.3 Å². The van der Waals surface area contributed by atoms with E-state index in [0.717, 1.165) is 37.7 Å². The number of fused-ring (bicyclic) bond motifs is 7. The molecule has 2 saturated heterocycles. The van der Waals surface area contributed by atoms with Crippen molar-refractivity contribution in [3.63, 3.8) is 0 Å². The summed E-state index contributed by atoms with van der Waals surface area (Å²) in [4.78, 5) is 72.3. The molecule has 1 aliphatic carbocycles. The standard InChI is InChI=1S/C44H62N6O10/c1-4-5-20-31(39(53)42(55)45-25-34(52)48-36(43(56)49(2)3)28-15-8-6-9-16-28)46-41(54)38-40-32-26-50(38)44(57)37(29-17-10-7-11-18-29)47-33(51)24-27-14-12-19-30(23-27)58-22-13-21-35(59-32)60-40/h6,8-9,12,14-16,19,23,29,31-32,34-40,48,52-53H,4-5,7,10-11,13,17-18,20-22,24-26H2,1-3H3,(H,45,55)(H,46,54)(H,47,51)/t31?,32-,34?,35?,36-,37-,38-,39?,40-/m0/s1. The van der Waals surface area contributed by atoms with Crippen molar-refractivity contribution in [2.75, 3.05) is 33.8 Å². The Labute approximate surface area is 352 Å². The molecule has 4 aliphatic heterocycles. The average Bonchev–Trinajstić information content (AvgIpc) is 3.81. The van der Waals surface area contributed by atoms with Crippen molar-refractivity contribution in [2.24, 2.45) is 5.92 Å². The molecule has 5 amide bonds. The van der Waals surface area contributed by atoms with Crippen LogP contribution in [-0.4, -0.2) is 132 Å². The number of aliphatic hydroxyl groups excluding tert-OH is 2. The first kappa shape index (κ1) is 44.9. The summed E-state index contributed by atoms with van der Waals surface area (Å²) in [5.41, 5.74) is 1.37. The summed E-state index contributed by atoms with van der Waals surface area (Å²) < 4.78 is 18.7. The molecule has 4 unspecified atom stereocenters. The number of hydrogen-bond donors (Lipinski definition) is 6. The van der Waals surface area contributed by atoms with E-state index in [9.17, 15) is 34.2 Å². The molecule has 3 fully saturated rings. The first-order valence-corrected chi connectivity index (χ1v) is 21.5. The van der Waals surface area contributed by atoms with Gasteiger partial charge in [0.25, 0.3) is 5.91 Å². The normalized spacial score (nSPS) is 25.6. The molecule has 2 aromatic carbocycles. The van der Waals surface area contributed by atoms with Gasteiger partial charge >= 0.3 is 0 Å². The van der Waals surface area contributed by atoms with Crippen molar-refractivity contribution in [1.82, 2.24) is 31.1 Å². The molecule has 1 saturated carbocycles. The zero-order chi connectivity index (χ0) is 42.8. The van der Waals surface area contributed by atoms with Crippen LogP contribution < -0.4 is 26.0 Å². The first-order valence-electron chi connectivity index (χ1n) is 21.5. The third-order valence-corrected chi connectivity index (χ3v) is 11.9. The van der Waals surface area contributed by atoms with E-state index >= 15 is 0 Å². The molecule has 0 radical (unpaired) electrons. The third kappa shape index (κ3) is 11.4. The van der Waals surface area contributed by atoms with E-state index < -0.39 is 72.7 Å². The fourth-order valence-electron chi connectivity index (χ4n) is 8.70. The van der Waals surface area contributed by atoms with Gasteiger partial charge in [-0.2, -0.15) is 0 Å². The van der Waals surface area contributed by atoms with Crippen LogP contribution in [0.1, 0.15) is 88.3 Å².